The van der Waals surface area contributed by atoms with Gasteiger partial charge < -0.3 is 40.7 Å². The molecule has 1 aromatic rings. The van der Waals surface area contributed by atoms with Crippen LogP contribution >= 0.6 is 0 Å². The molecule has 0 spiro atoms. The number of carbonyl (C=O) groups is 1. The maximum Gasteiger partial charge on any atom is 0.364 e. The minimum atomic E-state index is -2.24. The molecule has 0 aliphatic carbocycles. The third-order valence-electron chi connectivity index (χ3n) is 4.19. The smallest absolute Gasteiger partial charge is 0.364 e. The summed E-state index contributed by atoms with van der Waals surface area (Å²) < 4.78 is 10.8. The predicted molar refractivity (Wildman–Crippen MR) is 84.2 cm³/mol. The van der Waals surface area contributed by atoms with Gasteiger partial charge in [-0.25, -0.2) is 4.79 Å². The SMILES string of the molecule is N[C@H]1[C@H]([C@H](O)[C@H](O)CO)O[C@@](OCc2ccccc2)(C(=O)O)C[C@@H]1O. The number of rotatable bonds is 7. The van der Waals surface area contributed by atoms with E-state index in [1.807, 2.05) is 0 Å². The number of hydrogen-bond donors (Lipinski definition) is 6. The van der Waals surface area contributed by atoms with Crippen LogP contribution in [-0.2, 0) is 20.9 Å². The van der Waals surface area contributed by atoms with Crippen molar-refractivity contribution in [1.29, 1.82) is 0 Å². The monoisotopic (exact) mass is 357 g/mol. The number of carboxylic acids is 1. The summed E-state index contributed by atoms with van der Waals surface area (Å²) in [5.41, 5.74) is 6.45. The van der Waals surface area contributed by atoms with Crippen molar-refractivity contribution in [2.75, 3.05) is 6.61 Å². The number of hydrogen-bond acceptors (Lipinski definition) is 8. The van der Waals surface area contributed by atoms with Crippen molar-refractivity contribution in [2.24, 2.45) is 5.73 Å². The standard InChI is InChI=1S/C16H23NO8/c17-12-10(19)6-16(15(22)23,24-8-9-4-2-1-3-5-9)25-14(12)13(21)11(20)7-18/h1-5,10-14,18-21H,6-8,17H2,(H,22,23)/t10-,11+,12+,13+,14+,16+/m0/s1. The van der Waals surface area contributed by atoms with Crippen LogP contribution in [0.3, 0.4) is 0 Å². The van der Waals surface area contributed by atoms with E-state index in [9.17, 15) is 25.2 Å². The van der Waals surface area contributed by atoms with E-state index in [1.54, 1.807) is 30.3 Å². The highest BCUT2D eigenvalue weighted by Crippen LogP contribution is 2.33. The van der Waals surface area contributed by atoms with Crippen LogP contribution in [0.1, 0.15) is 12.0 Å². The summed E-state index contributed by atoms with van der Waals surface area (Å²) in [5, 5.41) is 48.3. The van der Waals surface area contributed by atoms with Crippen LogP contribution in [-0.4, -0.2) is 74.4 Å². The third-order valence-corrected chi connectivity index (χ3v) is 4.19. The van der Waals surface area contributed by atoms with Gasteiger partial charge in [0.05, 0.1) is 25.4 Å². The summed E-state index contributed by atoms with van der Waals surface area (Å²) in [6.07, 6.45) is -6.56. The van der Waals surface area contributed by atoms with E-state index in [4.69, 9.17) is 20.3 Å². The molecule has 1 aliphatic rings. The van der Waals surface area contributed by atoms with Crippen LogP contribution in [0.4, 0.5) is 0 Å². The van der Waals surface area contributed by atoms with Gasteiger partial charge in [-0.3, -0.25) is 0 Å². The largest absolute Gasteiger partial charge is 0.477 e. The minimum absolute atomic E-state index is 0.111. The van der Waals surface area contributed by atoms with Crippen molar-refractivity contribution in [3.63, 3.8) is 0 Å². The fourth-order valence-corrected chi connectivity index (χ4v) is 2.67. The molecule has 6 atom stereocenters. The van der Waals surface area contributed by atoms with Crippen molar-refractivity contribution in [3.8, 4) is 0 Å². The van der Waals surface area contributed by atoms with Crippen molar-refractivity contribution < 1.29 is 39.8 Å². The molecule has 9 nitrogen and oxygen atoms in total. The van der Waals surface area contributed by atoms with Crippen molar-refractivity contribution in [1.82, 2.24) is 0 Å². The van der Waals surface area contributed by atoms with E-state index >= 15 is 0 Å². The fourth-order valence-electron chi connectivity index (χ4n) is 2.67. The molecule has 25 heavy (non-hydrogen) atoms. The topological polar surface area (TPSA) is 163 Å². The highest BCUT2D eigenvalue weighted by molar-refractivity contribution is 5.76. The van der Waals surface area contributed by atoms with Gasteiger partial charge in [-0.2, -0.15) is 0 Å². The van der Waals surface area contributed by atoms with Gasteiger partial charge >= 0.3 is 5.97 Å². The summed E-state index contributed by atoms with van der Waals surface area (Å²) in [6.45, 7) is -0.894. The van der Waals surface area contributed by atoms with E-state index < -0.39 is 55.2 Å². The lowest BCUT2D eigenvalue weighted by molar-refractivity contribution is -0.312. The molecule has 7 N–H and O–H groups in total. The number of aliphatic hydroxyl groups is 4. The normalized spacial score (nSPS) is 32.1. The van der Waals surface area contributed by atoms with Gasteiger partial charge in [-0.05, 0) is 5.56 Å². The van der Waals surface area contributed by atoms with Gasteiger partial charge in [-0.1, -0.05) is 30.3 Å². The molecule has 1 aliphatic heterocycles. The highest BCUT2D eigenvalue weighted by Gasteiger charge is 2.54. The second-order valence-corrected chi connectivity index (χ2v) is 6.00. The fraction of sp³-hybridized carbons (Fsp3) is 0.562. The molecule has 0 unspecified atom stereocenters. The zero-order valence-electron chi connectivity index (χ0n) is 13.4. The predicted octanol–water partition coefficient (Wildman–Crippen LogP) is -1.82. The van der Waals surface area contributed by atoms with Crippen LogP contribution in [0, 0.1) is 0 Å². The van der Waals surface area contributed by atoms with Gasteiger partial charge in [0.15, 0.2) is 0 Å². The Hall–Kier alpha value is -1.59. The van der Waals surface area contributed by atoms with Gasteiger partial charge in [0.2, 0.25) is 0 Å². The maximum atomic E-state index is 11.8. The van der Waals surface area contributed by atoms with E-state index in [2.05, 4.69) is 0 Å². The highest BCUT2D eigenvalue weighted by atomic mass is 16.7. The van der Waals surface area contributed by atoms with Crippen LogP contribution in [0.5, 0.6) is 0 Å². The Morgan fingerprint density at radius 2 is 2.00 bits per heavy atom. The molecule has 140 valence electrons. The van der Waals surface area contributed by atoms with Gasteiger partial charge in [0.25, 0.3) is 5.79 Å². The summed E-state index contributed by atoms with van der Waals surface area (Å²) >= 11 is 0. The zero-order chi connectivity index (χ0) is 18.6. The maximum absolute atomic E-state index is 11.8. The molecule has 1 aromatic carbocycles. The average molecular weight is 357 g/mol. The molecule has 1 saturated heterocycles. The first-order valence-corrected chi connectivity index (χ1v) is 7.80. The quantitative estimate of drug-likeness (QED) is 0.330. The summed E-state index contributed by atoms with van der Waals surface area (Å²) in [4.78, 5) is 11.8. The van der Waals surface area contributed by atoms with Crippen LogP contribution in [0.2, 0.25) is 0 Å². The molecule has 0 saturated carbocycles. The first kappa shape index (κ1) is 19.7. The molecular formula is C16H23NO8. The van der Waals surface area contributed by atoms with Crippen molar-refractivity contribution in [2.45, 2.75) is 49.3 Å². The van der Waals surface area contributed by atoms with E-state index in [1.165, 1.54) is 0 Å². The van der Waals surface area contributed by atoms with E-state index in [0.29, 0.717) is 5.56 Å². The van der Waals surface area contributed by atoms with E-state index in [-0.39, 0.29) is 6.61 Å². The number of aliphatic hydroxyl groups excluding tert-OH is 4. The van der Waals surface area contributed by atoms with Crippen LogP contribution in [0.15, 0.2) is 30.3 Å². The molecule has 9 heteroatoms. The lowest BCUT2D eigenvalue weighted by atomic mass is 9.89. The lowest BCUT2D eigenvalue weighted by Crippen LogP contribution is -2.66. The second-order valence-electron chi connectivity index (χ2n) is 6.00. The third kappa shape index (κ3) is 4.33. The molecular weight excluding hydrogens is 334 g/mol. The Labute approximate surface area is 144 Å². The van der Waals surface area contributed by atoms with Gasteiger partial charge in [0, 0.05) is 6.42 Å². The number of nitrogens with two attached hydrogens (primary N) is 1. The number of benzene rings is 1. The summed E-state index contributed by atoms with van der Waals surface area (Å²) in [6, 6.07) is 7.58. The molecule has 2 rings (SSSR count). The summed E-state index contributed by atoms with van der Waals surface area (Å²) in [5.74, 6) is -3.74. The Morgan fingerprint density at radius 3 is 2.56 bits per heavy atom. The molecule has 0 aromatic heterocycles. The molecule has 1 fully saturated rings. The van der Waals surface area contributed by atoms with E-state index in [0.717, 1.165) is 0 Å². The Bertz CT molecular complexity index is 571. The second kappa shape index (κ2) is 8.19. The van der Waals surface area contributed by atoms with Crippen molar-refractivity contribution in [3.05, 3.63) is 35.9 Å². The van der Waals surface area contributed by atoms with Gasteiger partial charge in [0.1, 0.15) is 18.3 Å². The number of carboxylic acid groups (broad SMARTS) is 1. The minimum Gasteiger partial charge on any atom is -0.477 e. The Kier molecular flexibility index (Phi) is 6.47. The van der Waals surface area contributed by atoms with Crippen LogP contribution in [0.25, 0.3) is 0 Å². The molecule has 0 radical (unpaired) electrons. The molecule has 0 bridgehead atoms. The average Bonchev–Trinajstić information content (AvgIpc) is 2.62. The van der Waals surface area contributed by atoms with Gasteiger partial charge in [-0.15, -0.1) is 0 Å². The first-order valence-electron chi connectivity index (χ1n) is 7.80. The first-order chi connectivity index (χ1) is 11.8. The molecule has 1 heterocycles. The summed E-state index contributed by atoms with van der Waals surface area (Å²) in [7, 11) is 0. The number of ether oxygens (including phenoxy) is 2. The Balaban J connectivity index is 2.22. The molecule has 0 amide bonds. The van der Waals surface area contributed by atoms with Crippen LogP contribution < -0.4 is 5.73 Å². The lowest BCUT2D eigenvalue weighted by Gasteiger charge is -2.45. The zero-order valence-corrected chi connectivity index (χ0v) is 13.4. The Morgan fingerprint density at radius 1 is 1.36 bits per heavy atom. The number of aliphatic carboxylic acids is 1. The van der Waals surface area contributed by atoms with Crippen molar-refractivity contribution >= 4 is 5.97 Å².